The molecule has 0 radical (unpaired) electrons. The van der Waals surface area contributed by atoms with Gasteiger partial charge in [0.05, 0.1) is 6.04 Å². The smallest absolute Gasteiger partial charge is 0.232 e. The van der Waals surface area contributed by atoms with Gasteiger partial charge < -0.3 is 4.74 Å². The minimum Gasteiger partial charge on any atom is -0.381 e. The Balaban J connectivity index is 1.99. The number of carbonyl (C=O) groups is 1. The molecule has 2 aliphatic rings. The number of rotatable bonds is 2. The number of nitrogens with zero attached hydrogens (tertiary/aromatic N) is 1. The summed E-state index contributed by atoms with van der Waals surface area (Å²) >= 11 is 1.54. The molecule has 2 rings (SSSR count). The summed E-state index contributed by atoms with van der Waals surface area (Å²) in [6.45, 7) is 3.60. The molecule has 0 aromatic heterocycles. The van der Waals surface area contributed by atoms with Crippen LogP contribution in [0.1, 0.15) is 26.2 Å². The minimum atomic E-state index is 0.237. The fourth-order valence-corrected chi connectivity index (χ4v) is 3.11. The summed E-state index contributed by atoms with van der Waals surface area (Å²) in [5.41, 5.74) is 0. The van der Waals surface area contributed by atoms with E-state index in [2.05, 4.69) is 6.08 Å². The van der Waals surface area contributed by atoms with E-state index in [9.17, 15) is 4.79 Å². The molecule has 15 heavy (non-hydrogen) atoms. The molecule has 1 atom stereocenters. The van der Waals surface area contributed by atoms with Crippen molar-refractivity contribution in [3.05, 3.63) is 11.5 Å². The van der Waals surface area contributed by atoms with Gasteiger partial charge in [0.2, 0.25) is 5.91 Å². The highest BCUT2D eigenvalue weighted by Gasteiger charge is 2.32. The average molecular weight is 227 g/mol. The predicted octanol–water partition coefficient (Wildman–Crippen LogP) is 2.20. The summed E-state index contributed by atoms with van der Waals surface area (Å²) in [7, 11) is 0. The van der Waals surface area contributed by atoms with E-state index in [1.54, 1.807) is 0 Å². The van der Waals surface area contributed by atoms with E-state index >= 15 is 0 Å². The molecule has 1 saturated heterocycles. The number of amides is 1. The normalized spacial score (nSPS) is 27.3. The lowest BCUT2D eigenvalue weighted by Gasteiger charge is -2.32. The van der Waals surface area contributed by atoms with Gasteiger partial charge in [0, 0.05) is 19.6 Å². The zero-order valence-corrected chi connectivity index (χ0v) is 9.83. The largest absolute Gasteiger partial charge is 0.381 e. The van der Waals surface area contributed by atoms with Gasteiger partial charge in [-0.3, -0.25) is 9.10 Å². The number of hydrogen-bond acceptors (Lipinski definition) is 3. The third kappa shape index (κ3) is 2.37. The Labute approximate surface area is 95.0 Å². The molecule has 0 aromatic carbocycles. The van der Waals surface area contributed by atoms with Crippen molar-refractivity contribution in [3.63, 3.8) is 0 Å². The van der Waals surface area contributed by atoms with Crippen LogP contribution in [0, 0.1) is 5.92 Å². The van der Waals surface area contributed by atoms with E-state index in [1.807, 2.05) is 16.6 Å². The maximum Gasteiger partial charge on any atom is 0.232 e. The van der Waals surface area contributed by atoms with Crippen molar-refractivity contribution in [2.45, 2.75) is 32.2 Å². The summed E-state index contributed by atoms with van der Waals surface area (Å²) in [6.07, 6.45) is 4.90. The maximum absolute atomic E-state index is 11.7. The molecule has 0 bridgehead atoms. The average Bonchev–Trinajstić information content (AvgIpc) is 2.78. The van der Waals surface area contributed by atoms with Gasteiger partial charge in [0.15, 0.2) is 0 Å². The first-order valence-corrected chi connectivity index (χ1v) is 6.40. The van der Waals surface area contributed by atoms with Crippen molar-refractivity contribution in [1.82, 2.24) is 4.31 Å². The lowest BCUT2D eigenvalue weighted by molar-refractivity contribution is -0.127. The molecule has 4 heteroatoms. The fraction of sp³-hybridized carbons (Fsp3) is 0.727. The van der Waals surface area contributed by atoms with Crippen LogP contribution >= 0.6 is 11.9 Å². The van der Waals surface area contributed by atoms with Gasteiger partial charge in [0.1, 0.15) is 0 Å². The molecular weight excluding hydrogens is 210 g/mol. The molecule has 0 N–H and O–H groups in total. The molecule has 3 nitrogen and oxygen atoms in total. The van der Waals surface area contributed by atoms with E-state index in [4.69, 9.17) is 4.74 Å². The molecule has 84 valence electrons. The molecule has 0 aliphatic carbocycles. The molecular formula is C11H17NO2S. The highest BCUT2D eigenvalue weighted by molar-refractivity contribution is 8.00. The van der Waals surface area contributed by atoms with Crippen molar-refractivity contribution in [2.24, 2.45) is 5.92 Å². The van der Waals surface area contributed by atoms with Crippen LogP contribution in [0.2, 0.25) is 0 Å². The van der Waals surface area contributed by atoms with E-state index in [1.165, 1.54) is 11.9 Å². The quantitative estimate of drug-likeness (QED) is 0.677. The van der Waals surface area contributed by atoms with Crippen LogP contribution in [0.25, 0.3) is 0 Å². The lowest BCUT2D eigenvalue weighted by atomic mass is 9.91. The third-order valence-electron chi connectivity index (χ3n) is 3.02. The van der Waals surface area contributed by atoms with E-state index < -0.39 is 0 Å². The van der Waals surface area contributed by atoms with Crippen molar-refractivity contribution in [1.29, 1.82) is 0 Å². The molecule has 1 unspecified atom stereocenters. The summed E-state index contributed by atoms with van der Waals surface area (Å²) in [5, 5.41) is 2.04. The summed E-state index contributed by atoms with van der Waals surface area (Å²) in [6, 6.07) is 0.298. The highest BCUT2D eigenvalue weighted by atomic mass is 32.2. The molecule has 0 spiro atoms. The van der Waals surface area contributed by atoms with E-state index in [0.29, 0.717) is 18.4 Å². The minimum absolute atomic E-state index is 0.237. The Hall–Kier alpha value is -0.480. The van der Waals surface area contributed by atoms with Crippen LogP contribution in [-0.4, -0.2) is 29.5 Å². The summed E-state index contributed by atoms with van der Waals surface area (Å²) in [5.74, 6) is 0.821. The van der Waals surface area contributed by atoms with Gasteiger partial charge >= 0.3 is 0 Å². The highest BCUT2D eigenvalue weighted by Crippen LogP contribution is 2.34. The van der Waals surface area contributed by atoms with Crippen LogP contribution in [0.4, 0.5) is 0 Å². The van der Waals surface area contributed by atoms with Gasteiger partial charge in [-0.1, -0.05) is 13.0 Å². The topological polar surface area (TPSA) is 29.5 Å². The van der Waals surface area contributed by atoms with Crippen molar-refractivity contribution < 1.29 is 9.53 Å². The van der Waals surface area contributed by atoms with Crippen molar-refractivity contribution >= 4 is 17.9 Å². The Bertz CT molecular complexity index is 261. The number of ether oxygens (including phenoxy) is 1. The SMILES string of the molecule is CCC(=O)N1SC=CC1C1CCOCC1. The molecule has 1 amide bonds. The lowest BCUT2D eigenvalue weighted by Crippen LogP contribution is -2.38. The predicted molar refractivity (Wildman–Crippen MR) is 61.2 cm³/mol. The van der Waals surface area contributed by atoms with Gasteiger partial charge in [-0.25, -0.2) is 0 Å². The molecule has 2 heterocycles. The van der Waals surface area contributed by atoms with E-state index in [-0.39, 0.29) is 5.91 Å². The first-order chi connectivity index (χ1) is 7.33. The summed E-state index contributed by atoms with van der Waals surface area (Å²) in [4.78, 5) is 11.7. The molecule has 0 saturated carbocycles. The van der Waals surface area contributed by atoms with Crippen LogP contribution in [-0.2, 0) is 9.53 Å². The van der Waals surface area contributed by atoms with Gasteiger partial charge in [-0.05, 0) is 36.1 Å². The van der Waals surface area contributed by atoms with E-state index in [0.717, 1.165) is 26.1 Å². The zero-order valence-electron chi connectivity index (χ0n) is 9.02. The van der Waals surface area contributed by atoms with Crippen LogP contribution in [0.3, 0.4) is 0 Å². The monoisotopic (exact) mass is 227 g/mol. The second kappa shape index (κ2) is 5.03. The Morgan fingerprint density at radius 3 is 2.93 bits per heavy atom. The first kappa shape index (κ1) is 11.0. The molecule has 0 aromatic rings. The second-order valence-corrected chi connectivity index (χ2v) is 4.82. The van der Waals surface area contributed by atoms with Crippen LogP contribution < -0.4 is 0 Å². The molecule has 1 fully saturated rings. The maximum atomic E-state index is 11.7. The van der Waals surface area contributed by atoms with Gasteiger partial charge in [-0.2, -0.15) is 0 Å². The van der Waals surface area contributed by atoms with Gasteiger partial charge in [0.25, 0.3) is 0 Å². The Morgan fingerprint density at radius 1 is 1.53 bits per heavy atom. The Morgan fingerprint density at radius 2 is 2.27 bits per heavy atom. The molecule has 2 aliphatic heterocycles. The number of carbonyl (C=O) groups excluding carboxylic acids is 1. The zero-order chi connectivity index (χ0) is 10.7. The van der Waals surface area contributed by atoms with Gasteiger partial charge in [-0.15, -0.1) is 0 Å². The standard InChI is InChI=1S/C11H17NO2S/c1-2-11(13)12-10(5-8-15-12)9-3-6-14-7-4-9/h5,8-10H,2-4,6-7H2,1H3. The van der Waals surface area contributed by atoms with Crippen LogP contribution in [0.5, 0.6) is 0 Å². The first-order valence-electron chi connectivity index (χ1n) is 5.56. The van der Waals surface area contributed by atoms with Crippen molar-refractivity contribution in [3.8, 4) is 0 Å². The number of hydrogen-bond donors (Lipinski definition) is 0. The third-order valence-corrected chi connectivity index (χ3v) is 3.97. The summed E-state index contributed by atoms with van der Waals surface area (Å²) < 4.78 is 7.27. The fourth-order valence-electron chi connectivity index (χ4n) is 2.12. The van der Waals surface area contributed by atoms with Crippen molar-refractivity contribution in [2.75, 3.05) is 13.2 Å². The second-order valence-electron chi connectivity index (χ2n) is 3.95. The van der Waals surface area contributed by atoms with Crippen LogP contribution in [0.15, 0.2) is 11.5 Å². The Kier molecular flexibility index (Phi) is 3.70.